The first-order chi connectivity index (χ1) is 13.8. The minimum Gasteiger partial charge on any atom is -0.495 e. The summed E-state index contributed by atoms with van der Waals surface area (Å²) >= 11 is 0. The van der Waals surface area contributed by atoms with E-state index in [-0.39, 0.29) is 12.3 Å². The van der Waals surface area contributed by atoms with Gasteiger partial charge < -0.3 is 10.1 Å². The lowest BCUT2D eigenvalue weighted by molar-refractivity contribution is -0.126. The Hall–Kier alpha value is -3.58. The fraction of sp³-hybridized carbons (Fsp3) is 0.211. The summed E-state index contributed by atoms with van der Waals surface area (Å²) in [6, 6.07) is 15.0. The van der Waals surface area contributed by atoms with E-state index >= 15 is 0 Å². The van der Waals surface area contributed by atoms with Crippen molar-refractivity contribution in [3.8, 4) is 11.8 Å². The quantitative estimate of drug-likeness (QED) is 0.540. The predicted molar refractivity (Wildman–Crippen MR) is 106 cm³/mol. The number of hydrazine groups is 1. The molecule has 0 aromatic heterocycles. The summed E-state index contributed by atoms with van der Waals surface area (Å²) in [6.07, 6.45) is 0. The number of amides is 2. The topological polar surface area (TPSA) is 137 Å². The third-order valence-electron chi connectivity index (χ3n) is 3.71. The summed E-state index contributed by atoms with van der Waals surface area (Å²) < 4.78 is 29.4. The zero-order valence-electron chi connectivity index (χ0n) is 15.6. The van der Waals surface area contributed by atoms with Gasteiger partial charge in [0, 0.05) is 0 Å². The van der Waals surface area contributed by atoms with Crippen molar-refractivity contribution in [3.63, 3.8) is 0 Å². The van der Waals surface area contributed by atoms with Crippen molar-refractivity contribution >= 4 is 27.3 Å². The molecular formula is C19H20N4O5S. The maximum atomic E-state index is 12.1. The van der Waals surface area contributed by atoms with E-state index in [1.54, 1.807) is 24.3 Å². The first kappa shape index (κ1) is 21.7. The number of hydrogen-bond donors (Lipinski definition) is 3. The van der Waals surface area contributed by atoms with Crippen LogP contribution in [0.2, 0.25) is 0 Å². The van der Waals surface area contributed by atoms with Crippen LogP contribution in [-0.2, 0) is 25.2 Å². The van der Waals surface area contributed by atoms with Gasteiger partial charge in [-0.3, -0.25) is 20.4 Å². The minimum absolute atomic E-state index is 0.154. The lowest BCUT2D eigenvalue weighted by Gasteiger charge is -2.11. The number of nitrogens with one attached hydrogen (secondary N) is 3. The molecule has 0 aliphatic rings. The van der Waals surface area contributed by atoms with Gasteiger partial charge in [0.25, 0.3) is 11.8 Å². The lowest BCUT2D eigenvalue weighted by atomic mass is 10.2. The maximum absolute atomic E-state index is 12.1. The zero-order chi connectivity index (χ0) is 21.3. The highest BCUT2D eigenvalue weighted by Crippen LogP contribution is 2.22. The lowest BCUT2D eigenvalue weighted by Crippen LogP contribution is -2.46. The zero-order valence-corrected chi connectivity index (χ0v) is 16.5. The van der Waals surface area contributed by atoms with E-state index in [0.717, 1.165) is 0 Å². The molecule has 10 heteroatoms. The molecule has 0 fully saturated rings. The van der Waals surface area contributed by atoms with Gasteiger partial charge in [0.05, 0.1) is 36.7 Å². The first-order valence-electron chi connectivity index (χ1n) is 8.47. The van der Waals surface area contributed by atoms with Crippen LogP contribution in [0.15, 0.2) is 48.5 Å². The van der Waals surface area contributed by atoms with Gasteiger partial charge in [-0.05, 0) is 29.8 Å². The number of sulfone groups is 1. The highest BCUT2D eigenvalue weighted by molar-refractivity contribution is 7.91. The molecular weight excluding hydrogens is 396 g/mol. The molecule has 0 atom stereocenters. The molecule has 0 aliphatic carbocycles. The molecule has 0 bridgehead atoms. The van der Waals surface area contributed by atoms with E-state index in [1.807, 2.05) is 6.07 Å². The second kappa shape index (κ2) is 10.1. The van der Waals surface area contributed by atoms with E-state index in [4.69, 9.17) is 10.00 Å². The highest BCUT2D eigenvalue weighted by Gasteiger charge is 2.18. The van der Waals surface area contributed by atoms with Crippen LogP contribution in [0.25, 0.3) is 0 Å². The van der Waals surface area contributed by atoms with Gasteiger partial charge in [-0.15, -0.1) is 0 Å². The van der Waals surface area contributed by atoms with Gasteiger partial charge in [-0.1, -0.05) is 24.3 Å². The fourth-order valence-corrected chi connectivity index (χ4v) is 3.64. The van der Waals surface area contributed by atoms with Gasteiger partial charge in [0.1, 0.15) is 11.5 Å². The monoisotopic (exact) mass is 416 g/mol. The van der Waals surface area contributed by atoms with E-state index in [0.29, 0.717) is 22.6 Å². The van der Waals surface area contributed by atoms with Gasteiger partial charge in [0.15, 0.2) is 9.84 Å². The molecule has 0 radical (unpaired) electrons. The SMILES string of the molecule is COc1ccccc1NCC(=O)NNC(=O)CS(=O)(=O)Cc1ccc(C#N)cc1. The number of methoxy groups -OCH3 is 1. The van der Waals surface area contributed by atoms with Crippen molar-refractivity contribution in [1.29, 1.82) is 5.26 Å². The smallest absolute Gasteiger partial charge is 0.257 e. The molecule has 2 amide bonds. The number of benzene rings is 2. The van der Waals surface area contributed by atoms with Crippen molar-refractivity contribution in [2.75, 3.05) is 24.7 Å². The van der Waals surface area contributed by atoms with Crippen LogP contribution < -0.4 is 20.9 Å². The highest BCUT2D eigenvalue weighted by atomic mass is 32.2. The Labute approximate surface area is 168 Å². The van der Waals surface area contributed by atoms with Crippen LogP contribution in [0, 0.1) is 11.3 Å². The van der Waals surface area contributed by atoms with E-state index in [9.17, 15) is 18.0 Å². The van der Waals surface area contributed by atoms with E-state index < -0.39 is 27.4 Å². The van der Waals surface area contributed by atoms with Gasteiger partial charge in [-0.2, -0.15) is 5.26 Å². The van der Waals surface area contributed by atoms with E-state index in [2.05, 4.69) is 16.2 Å². The third kappa shape index (κ3) is 7.15. The molecule has 3 N–H and O–H groups in total. The Morgan fingerprint density at radius 1 is 1.03 bits per heavy atom. The van der Waals surface area contributed by atoms with Crippen LogP contribution >= 0.6 is 0 Å². The molecule has 0 unspecified atom stereocenters. The molecule has 29 heavy (non-hydrogen) atoms. The summed E-state index contributed by atoms with van der Waals surface area (Å²) in [7, 11) is -2.24. The normalized spacial score (nSPS) is 10.5. The molecule has 0 spiro atoms. The summed E-state index contributed by atoms with van der Waals surface area (Å²) in [5.74, 6) is -2.00. The number of carbonyl (C=O) groups excluding carboxylic acids is 2. The molecule has 0 aliphatic heterocycles. The third-order valence-corrected chi connectivity index (χ3v) is 5.18. The van der Waals surface area contributed by atoms with Crippen molar-refractivity contribution in [2.45, 2.75) is 5.75 Å². The summed E-state index contributed by atoms with van der Waals surface area (Å²) in [5, 5.41) is 11.6. The molecule has 0 heterocycles. The minimum atomic E-state index is -3.74. The standard InChI is InChI=1S/C19H20N4O5S/c1-28-17-5-3-2-4-16(17)21-11-18(24)22-23-19(25)13-29(26,27)12-15-8-6-14(10-20)7-9-15/h2-9,21H,11-13H2,1H3,(H,22,24)(H,23,25). The fourth-order valence-electron chi connectivity index (χ4n) is 2.37. The van der Waals surface area contributed by atoms with Gasteiger partial charge >= 0.3 is 0 Å². The second-order valence-corrected chi connectivity index (χ2v) is 8.06. The van der Waals surface area contributed by atoms with Crippen LogP contribution in [0.5, 0.6) is 5.75 Å². The second-order valence-electron chi connectivity index (χ2n) is 5.99. The molecule has 152 valence electrons. The van der Waals surface area contributed by atoms with Crippen molar-refractivity contribution in [2.24, 2.45) is 0 Å². The number of ether oxygens (including phenoxy) is 1. The Morgan fingerprint density at radius 2 is 1.69 bits per heavy atom. The first-order valence-corrected chi connectivity index (χ1v) is 10.3. The Kier molecular flexibility index (Phi) is 7.56. The number of hydrogen-bond acceptors (Lipinski definition) is 7. The van der Waals surface area contributed by atoms with Crippen molar-refractivity contribution < 1.29 is 22.7 Å². The maximum Gasteiger partial charge on any atom is 0.257 e. The molecule has 0 saturated heterocycles. The summed E-state index contributed by atoms with van der Waals surface area (Å²) in [4.78, 5) is 23.7. The van der Waals surface area contributed by atoms with Gasteiger partial charge in [0.2, 0.25) is 0 Å². The van der Waals surface area contributed by atoms with Crippen LogP contribution in [0.3, 0.4) is 0 Å². The Bertz CT molecular complexity index is 1010. The number of carbonyl (C=O) groups is 2. The number of nitrogens with zero attached hydrogens (tertiary/aromatic N) is 1. The van der Waals surface area contributed by atoms with Gasteiger partial charge in [-0.25, -0.2) is 8.42 Å². The molecule has 2 aromatic carbocycles. The largest absolute Gasteiger partial charge is 0.495 e. The average molecular weight is 416 g/mol. The Balaban J connectivity index is 1.79. The van der Waals surface area contributed by atoms with E-state index in [1.165, 1.54) is 31.4 Å². The molecule has 9 nitrogen and oxygen atoms in total. The molecule has 2 rings (SSSR count). The molecule has 0 saturated carbocycles. The Morgan fingerprint density at radius 3 is 2.34 bits per heavy atom. The number of anilines is 1. The van der Waals surface area contributed by atoms with Crippen LogP contribution in [0.4, 0.5) is 5.69 Å². The van der Waals surface area contributed by atoms with Crippen LogP contribution in [0.1, 0.15) is 11.1 Å². The number of para-hydroxylation sites is 2. The van der Waals surface area contributed by atoms with Crippen LogP contribution in [-0.4, -0.2) is 39.6 Å². The summed E-state index contributed by atoms with van der Waals surface area (Å²) in [5.41, 5.74) is 5.69. The number of rotatable bonds is 8. The number of nitriles is 1. The molecule has 2 aromatic rings. The summed E-state index contributed by atoms with van der Waals surface area (Å²) in [6.45, 7) is -0.154. The van der Waals surface area contributed by atoms with Crippen molar-refractivity contribution in [3.05, 3.63) is 59.7 Å². The average Bonchev–Trinajstić information content (AvgIpc) is 2.70. The predicted octanol–water partition coefficient (Wildman–Crippen LogP) is 0.741. The van der Waals surface area contributed by atoms with Crippen molar-refractivity contribution in [1.82, 2.24) is 10.9 Å².